The van der Waals surface area contributed by atoms with Crippen LogP contribution in [0.4, 0.5) is 0 Å². The number of aromatic amines is 1. The lowest BCUT2D eigenvalue weighted by atomic mass is 10.1. The molecule has 5 nitrogen and oxygen atoms in total. The first-order chi connectivity index (χ1) is 10.6. The molecule has 1 aromatic carbocycles. The SMILES string of the molecule is CCCCCCOc1ccc(-c2n[nH]c(C(=O)O)c2C)cc1. The second-order valence-corrected chi connectivity index (χ2v) is 5.31. The first-order valence-corrected chi connectivity index (χ1v) is 7.65. The van der Waals surface area contributed by atoms with Gasteiger partial charge < -0.3 is 9.84 Å². The third-order valence-electron chi connectivity index (χ3n) is 3.62. The summed E-state index contributed by atoms with van der Waals surface area (Å²) < 4.78 is 5.69. The summed E-state index contributed by atoms with van der Waals surface area (Å²) in [5.41, 5.74) is 2.30. The van der Waals surface area contributed by atoms with E-state index < -0.39 is 5.97 Å². The van der Waals surface area contributed by atoms with Crippen molar-refractivity contribution in [1.29, 1.82) is 0 Å². The van der Waals surface area contributed by atoms with Gasteiger partial charge in [0, 0.05) is 11.1 Å². The van der Waals surface area contributed by atoms with Gasteiger partial charge >= 0.3 is 5.97 Å². The summed E-state index contributed by atoms with van der Waals surface area (Å²) in [6.45, 7) is 4.66. The Morgan fingerprint density at radius 2 is 1.95 bits per heavy atom. The predicted molar refractivity (Wildman–Crippen MR) is 85.4 cm³/mol. The molecule has 0 radical (unpaired) electrons. The van der Waals surface area contributed by atoms with E-state index in [0.717, 1.165) is 24.3 Å². The molecule has 0 amide bonds. The topological polar surface area (TPSA) is 75.2 Å². The van der Waals surface area contributed by atoms with Crippen LogP contribution in [0, 0.1) is 6.92 Å². The Hall–Kier alpha value is -2.30. The van der Waals surface area contributed by atoms with Crippen LogP contribution in [0.15, 0.2) is 24.3 Å². The molecule has 22 heavy (non-hydrogen) atoms. The summed E-state index contributed by atoms with van der Waals surface area (Å²) in [6, 6.07) is 7.58. The second kappa shape index (κ2) is 7.64. The van der Waals surface area contributed by atoms with Crippen LogP contribution in [0.1, 0.15) is 48.7 Å². The molecule has 0 aliphatic heterocycles. The standard InChI is InChI=1S/C17H22N2O3/c1-3-4-5-6-11-22-14-9-7-13(8-10-14)15-12(2)16(17(20)21)19-18-15/h7-10H,3-6,11H2,1-2H3,(H,18,19)(H,20,21). The van der Waals surface area contributed by atoms with Crippen molar-refractivity contribution in [3.05, 3.63) is 35.5 Å². The van der Waals surface area contributed by atoms with E-state index in [2.05, 4.69) is 17.1 Å². The lowest BCUT2D eigenvalue weighted by molar-refractivity contribution is 0.0689. The van der Waals surface area contributed by atoms with Gasteiger partial charge in [0.05, 0.1) is 12.3 Å². The predicted octanol–water partition coefficient (Wildman–Crippen LogP) is 4.04. The maximum absolute atomic E-state index is 11.0. The van der Waals surface area contributed by atoms with Crippen molar-refractivity contribution in [2.24, 2.45) is 0 Å². The van der Waals surface area contributed by atoms with Gasteiger partial charge in [0.25, 0.3) is 0 Å². The highest BCUT2D eigenvalue weighted by Crippen LogP contribution is 2.25. The van der Waals surface area contributed by atoms with Crippen LogP contribution in [-0.4, -0.2) is 27.9 Å². The number of unbranched alkanes of at least 4 members (excludes halogenated alkanes) is 3. The van der Waals surface area contributed by atoms with Gasteiger partial charge in [-0.25, -0.2) is 4.79 Å². The Morgan fingerprint density at radius 1 is 1.23 bits per heavy atom. The van der Waals surface area contributed by atoms with Crippen molar-refractivity contribution in [1.82, 2.24) is 10.2 Å². The van der Waals surface area contributed by atoms with Crippen molar-refractivity contribution in [2.75, 3.05) is 6.61 Å². The van der Waals surface area contributed by atoms with Crippen LogP contribution in [0.3, 0.4) is 0 Å². The Kier molecular flexibility index (Phi) is 5.58. The van der Waals surface area contributed by atoms with E-state index in [1.54, 1.807) is 6.92 Å². The molecule has 0 aliphatic carbocycles. The fourth-order valence-electron chi connectivity index (χ4n) is 2.32. The zero-order valence-corrected chi connectivity index (χ0v) is 13.1. The van der Waals surface area contributed by atoms with Crippen LogP contribution < -0.4 is 4.74 Å². The Labute approximate surface area is 130 Å². The van der Waals surface area contributed by atoms with Gasteiger partial charge in [-0.1, -0.05) is 26.2 Å². The van der Waals surface area contributed by atoms with E-state index in [4.69, 9.17) is 9.84 Å². The summed E-state index contributed by atoms with van der Waals surface area (Å²) in [5.74, 6) is -0.171. The van der Waals surface area contributed by atoms with Gasteiger partial charge in [-0.15, -0.1) is 0 Å². The van der Waals surface area contributed by atoms with Gasteiger partial charge in [-0.2, -0.15) is 5.10 Å². The van der Waals surface area contributed by atoms with Crippen molar-refractivity contribution in [3.63, 3.8) is 0 Å². The lowest BCUT2D eigenvalue weighted by Crippen LogP contribution is -1.98. The number of aromatic nitrogens is 2. The van der Waals surface area contributed by atoms with E-state index in [0.29, 0.717) is 11.3 Å². The largest absolute Gasteiger partial charge is 0.494 e. The summed E-state index contributed by atoms with van der Waals surface area (Å²) in [7, 11) is 0. The average Bonchev–Trinajstić information content (AvgIpc) is 2.89. The number of carboxylic acid groups (broad SMARTS) is 1. The van der Waals surface area contributed by atoms with E-state index in [9.17, 15) is 4.79 Å². The molecule has 0 bridgehead atoms. The minimum absolute atomic E-state index is 0.131. The number of hydrogen-bond donors (Lipinski definition) is 2. The van der Waals surface area contributed by atoms with Crippen molar-refractivity contribution in [2.45, 2.75) is 39.5 Å². The normalized spacial score (nSPS) is 10.6. The molecule has 0 unspecified atom stereocenters. The minimum Gasteiger partial charge on any atom is -0.494 e. The maximum Gasteiger partial charge on any atom is 0.354 e. The van der Waals surface area contributed by atoms with E-state index in [-0.39, 0.29) is 5.69 Å². The smallest absolute Gasteiger partial charge is 0.354 e. The van der Waals surface area contributed by atoms with Gasteiger partial charge in [0.2, 0.25) is 0 Å². The van der Waals surface area contributed by atoms with Gasteiger partial charge in [-0.05, 0) is 37.6 Å². The molecular formula is C17H22N2O3. The molecule has 0 fully saturated rings. The number of rotatable bonds is 8. The average molecular weight is 302 g/mol. The van der Waals surface area contributed by atoms with Crippen LogP contribution in [0.5, 0.6) is 5.75 Å². The molecule has 0 saturated heterocycles. The first-order valence-electron chi connectivity index (χ1n) is 7.65. The van der Waals surface area contributed by atoms with E-state index in [1.807, 2.05) is 24.3 Å². The second-order valence-electron chi connectivity index (χ2n) is 5.31. The first kappa shape index (κ1) is 16.1. The number of nitrogens with one attached hydrogen (secondary N) is 1. The quantitative estimate of drug-likeness (QED) is 0.721. The van der Waals surface area contributed by atoms with Crippen molar-refractivity contribution >= 4 is 5.97 Å². The molecule has 2 aromatic rings. The van der Waals surface area contributed by atoms with Crippen LogP contribution in [-0.2, 0) is 0 Å². The summed E-state index contributed by atoms with van der Waals surface area (Å²) >= 11 is 0. The Balaban J connectivity index is 1.98. The number of aromatic carboxylic acids is 1. The monoisotopic (exact) mass is 302 g/mol. The molecular weight excluding hydrogens is 280 g/mol. The zero-order valence-electron chi connectivity index (χ0n) is 13.1. The zero-order chi connectivity index (χ0) is 15.9. The van der Waals surface area contributed by atoms with Crippen molar-refractivity contribution in [3.8, 4) is 17.0 Å². The highest BCUT2D eigenvalue weighted by atomic mass is 16.5. The minimum atomic E-state index is -0.997. The number of ether oxygens (including phenoxy) is 1. The molecule has 1 heterocycles. The molecule has 118 valence electrons. The third kappa shape index (κ3) is 3.87. The third-order valence-corrected chi connectivity index (χ3v) is 3.62. The van der Waals surface area contributed by atoms with Crippen LogP contribution >= 0.6 is 0 Å². The Bertz CT molecular complexity index is 617. The molecule has 2 rings (SSSR count). The van der Waals surface area contributed by atoms with Gasteiger partial charge in [0.1, 0.15) is 11.4 Å². The molecule has 5 heteroatoms. The number of carboxylic acids is 1. The molecule has 2 N–H and O–H groups in total. The lowest BCUT2D eigenvalue weighted by Gasteiger charge is -2.06. The van der Waals surface area contributed by atoms with E-state index in [1.165, 1.54) is 19.3 Å². The number of H-pyrrole nitrogens is 1. The number of benzene rings is 1. The number of hydrogen-bond acceptors (Lipinski definition) is 3. The number of carbonyl (C=O) groups is 1. The molecule has 0 spiro atoms. The van der Waals surface area contributed by atoms with Crippen LogP contribution in [0.25, 0.3) is 11.3 Å². The fraction of sp³-hybridized carbons (Fsp3) is 0.412. The van der Waals surface area contributed by atoms with Gasteiger partial charge in [-0.3, -0.25) is 5.10 Å². The summed E-state index contributed by atoms with van der Waals surface area (Å²) in [6.07, 6.45) is 4.72. The molecule has 1 aromatic heterocycles. The fourth-order valence-corrected chi connectivity index (χ4v) is 2.32. The van der Waals surface area contributed by atoms with Crippen LogP contribution in [0.2, 0.25) is 0 Å². The summed E-state index contributed by atoms with van der Waals surface area (Å²) in [4.78, 5) is 11.0. The summed E-state index contributed by atoms with van der Waals surface area (Å²) in [5, 5.41) is 15.7. The number of nitrogens with zero attached hydrogens (tertiary/aromatic N) is 1. The highest BCUT2D eigenvalue weighted by Gasteiger charge is 2.15. The molecule has 0 saturated carbocycles. The highest BCUT2D eigenvalue weighted by molar-refractivity contribution is 5.89. The molecule has 0 atom stereocenters. The molecule has 0 aliphatic rings. The van der Waals surface area contributed by atoms with Crippen molar-refractivity contribution < 1.29 is 14.6 Å². The maximum atomic E-state index is 11.0. The van der Waals surface area contributed by atoms with Gasteiger partial charge in [0.15, 0.2) is 0 Å². The Morgan fingerprint density at radius 3 is 2.55 bits per heavy atom. The van der Waals surface area contributed by atoms with E-state index >= 15 is 0 Å².